The van der Waals surface area contributed by atoms with Gasteiger partial charge in [0, 0.05) is 52.5 Å². The number of rotatable bonds is 7. The number of aromatic nitrogens is 1. The Morgan fingerprint density at radius 1 is 1.14 bits per heavy atom. The van der Waals surface area contributed by atoms with Crippen molar-refractivity contribution in [1.82, 2.24) is 15.2 Å². The normalized spacial score (nSPS) is 18.2. The van der Waals surface area contributed by atoms with Crippen LogP contribution in [0, 0.1) is 5.92 Å². The number of nitrogens with one attached hydrogen (secondary N) is 1. The van der Waals surface area contributed by atoms with E-state index >= 15 is 0 Å². The fourth-order valence-corrected chi connectivity index (χ4v) is 4.03. The lowest BCUT2D eigenvalue weighted by atomic mass is 9.86. The van der Waals surface area contributed by atoms with Crippen LogP contribution in [0.5, 0.6) is 0 Å². The van der Waals surface area contributed by atoms with E-state index in [9.17, 15) is 9.59 Å². The summed E-state index contributed by atoms with van der Waals surface area (Å²) >= 11 is 0. The maximum Gasteiger partial charge on any atom is 0.252 e. The quantitative estimate of drug-likeness (QED) is 0.724. The van der Waals surface area contributed by atoms with E-state index in [-0.39, 0.29) is 5.91 Å². The maximum absolute atomic E-state index is 12.6. The zero-order valence-corrected chi connectivity index (χ0v) is 16.9. The molecule has 154 valence electrons. The molecule has 1 N–H and O–H groups in total. The zero-order valence-electron chi connectivity index (χ0n) is 16.9. The summed E-state index contributed by atoms with van der Waals surface area (Å²) in [6.45, 7) is 4.01. The largest absolute Gasteiger partial charge is 0.383 e. The highest BCUT2D eigenvalue weighted by molar-refractivity contribution is 5.94. The Kier molecular flexibility index (Phi) is 7.65. The fraction of sp³-hybridized carbons (Fsp3) is 0.667. The third kappa shape index (κ3) is 5.67. The Bertz CT molecular complexity index is 636. The van der Waals surface area contributed by atoms with Gasteiger partial charge in [0.1, 0.15) is 5.82 Å². The molecule has 28 heavy (non-hydrogen) atoms. The Morgan fingerprint density at radius 2 is 1.89 bits per heavy atom. The van der Waals surface area contributed by atoms with E-state index in [2.05, 4.69) is 15.2 Å². The van der Waals surface area contributed by atoms with Crippen molar-refractivity contribution in [3.8, 4) is 0 Å². The molecule has 2 aliphatic rings. The Hall–Kier alpha value is -2.15. The number of carbonyl (C=O) groups is 2. The van der Waals surface area contributed by atoms with Crippen molar-refractivity contribution in [2.24, 2.45) is 5.92 Å². The molecule has 0 atom stereocenters. The molecule has 7 heteroatoms. The predicted molar refractivity (Wildman–Crippen MR) is 108 cm³/mol. The highest BCUT2D eigenvalue weighted by atomic mass is 16.5. The summed E-state index contributed by atoms with van der Waals surface area (Å²) in [6, 6.07) is 3.68. The van der Waals surface area contributed by atoms with E-state index in [0.717, 1.165) is 32.0 Å². The topological polar surface area (TPSA) is 74.8 Å². The molecule has 2 fully saturated rings. The van der Waals surface area contributed by atoms with Gasteiger partial charge in [-0.2, -0.15) is 0 Å². The van der Waals surface area contributed by atoms with Crippen molar-refractivity contribution in [3.05, 3.63) is 23.9 Å². The molecule has 0 unspecified atom stereocenters. The van der Waals surface area contributed by atoms with Crippen LogP contribution >= 0.6 is 0 Å². The van der Waals surface area contributed by atoms with Crippen molar-refractivity contribution >= 4 is 17.6 Å². The van der Waals surface area contributed by atoms with Gasteiger partial charge in [0.05, 0.1) is 12.2 Å². The highest BCUT2D eigenvalue weighted by Crippen LogP contribution is 2.27. The fourth-order valence-electron chi connectivity index (χ4n) is 4.03. The minimum absolute atomic E-state index is 0.144. The molecule has 7 nitrogen and oxygen atoms in total. The van der Waals surface area contributed by atoms with E-state index in [1.165, 1.54) is 32.1 Å². The summed E-state index contributed by atoms with van der Waals surface area (Å²) in [4.78, 5) is 33.2. The van der Waals surface area contributed by atoms with Crippen LogP contribution in [0.4, 0.5) is 5.82 Å². The standard InChI is InChI=1S/C21H32N4O3/c1-28-14-9-22-21(27)18-7-8-19(23-16-18)24-10-12-25(13-11-24)20(26)15-17-5-3-2-4-6-17/h7-8,16-17H,2-6,9-15H2,1H3,(H,22,27). The van der Waals surface area contributed by atoms with Gasteiger partial charge in [-0.15, -0.1) is 0 Å². The number of methoxy groups -OCH3 is 1. The lowest BCUT2D eigenvalue weighted by Gasteiger charge is -2.36. The summed E-state index contributed by atoms with van der Waals surface area (Å²) in [6.07, 6.45) is 8.62. The van der Waals surface area contributed by atoms with Gasteiger partial charge in [0.2, 0.25) is 5.91 Å². The average molecular weight is 389 g/mol. The second-order valence-electron chi connectivity index (χ2n) is 7.73. The number of carbonyl (C=O) groups excluding carboxylic acids is 2. The van der Waals surface area contributed by atoms with Crippen LogP contribution < -0.4 is 10.2 Å². The molecule has 1 aromatic heterocycles. The summed E-state index contributed by atoms with van der Waals surface area (Å²) < 4.78 is 4.93. The molecule has 0 radical (unpaired) electrons. The number of anilines is 1. The molecule has 2 heterocycles. The van der Waals surface area contributed by atoms with Gasteiger partial charge in [-0.05, 0) is 30.9 Å². The highest BCUT2D eigenvalue weighted by Gasteiger charge is 2.25. The molecule has 1 saturated heterocycles. The van der Waals surface area contributed by atoms with Crippen LogP contribution in [-0.2, 0) is 9.53 Å². The first kappa shape index (κ1) is 20.6. The van der Waals surface area contributed by atoms with Gasteiger partial charge in [-0.3, -0.25) is 9.59 Å². The first-order valence-corrected chi connectivity index (χ1v) is 10.4. The smallest absolute Gasteiger partial charge is 0.252 e. The number of piperazine rings is 1. The molecular formula is C21H32N4O3. The first-order valence-electron chi connectivity index (χ1n) is 10.4. The van der Waals surface area contributed by atoms with E-state index in [1.54, 1.807) is 19.4 Å². The van der Waals surface area contributed by atoms with Crippen LogP contribution in [0.25, 0.3) is 0 Å². The van der Waals surface area contributed by atoms with Gasteiger partial charge in [0.25, 0.3) is 5.91 Å². The number of hydrogen-bond donors (Lipinski definition) is 1. The molecule has 3 rings (SSSR count). The summed E-state index contributed by atoms with van der Waals surface area (Å²) in [7, 11) is 1.60. The second kappa shape index (κ2) is 10.4. The molecule has 2 amide bonds. The number of amides is 2. The molecule has 1 aliphatic carbocycles. The monoisotopic (exact) mass is 388 g/mol. The number of hydrogen-bond acceptors (Lipinski definition) is 5. The lowest BCUT2D eigenvalue weighted by Crippen LogP contribution is -2.49. The summed E-state index contributed by atoms with van der Waals surface area (Å²) in [5, 5.41) is 2.79. The number of pyridine rings is 1. The minimum Gasteiger partial charge on any atom is -0.383 e. The average Bonchev–Trinajstić information content (AvgIpc) is 2.75. The second-order valence-corrected chi connectivity index (χ2v) is 7.73. The third-order valence-corrected chi connectivity index (χ3v) is 5.75. The van der Waals surface area contributed by atoms with Gasteiger partial charge in [-0.1, -0.05) is 19.3 Å². The van der Waals surface area contributed by atoms with Crippen molar-refractivity contribution < 1.29 is 14.3 Å². The Balaban J connectivity index is 1.45. The van der Waals surface area contributed by atoms with Crippen LogP contribution in [0.15, 0.2) is 18.3 Å². The van der Waals surface area contributed by atoms with E-state index < -0.39 is 0 Å². The minimum atomic E-state index is -0.144. The van der Waals surface area contributed by atoms with E-state index in [0.29, 0.717) is 37.0 Å². The zero-order chi connectivity index (χ0) is 19.8. The number of ether oxygens (including phenoxy) is 1. The third-order valence-electron chi connectivity index (χ3n) is 5.75. The van der Waals surface area contributed by atoms with E-state index in [4.69, 9.17) is 4.74 Å². The SMILES string of the molecule is COCCNC(=O)c1ccc(N2CCN(C(=O)CC3CCCCC3)CC2)nc1. The molecule has 0 spiro atoms. The van der Waals surface area contributed by atoms with Crippen LogP contribution in [0.3, 0.4) is 0 Å². The lowest BCUT2D eigenvalue weighted by molar-refractivity contribution is -0.132. The molecule has 1 aliphatic heterocycles. The van der Waals surface area contributed by atoms with Crippen molar-refractivity contribution in [3.63, 3.8) is 0 Å². The Morgan fingerprint density at radius 3 is 2.54 bits per heavy atom. The van der Waals surface area contributed by atoms with Crippen LogP contribution in [0.2, 0.25) is 0 Å². The predicted octanol–water partition coefficient (Wildman–Crippen LogP) is 2.08. The van der Waals surface area contributed by atoms with Crippen molar-refractivity contribution in [2.45, 2.75) is 38.5 Å². The molecule has 0 aromatic carbocycles. The van der Waals surface area contributed by atoms with Crippen molar-refractivity contribution in [1.29, 1.82) is 0 Å². The Labute approximate surface area is 167 Å². The van der Waals surface area contributed by atoms with Crippen LogP contribution in [-0.4, -0.2) is 68.1 Å². The van der Waals surface area contributed by atoms with Gasteiger partial charge in [0.15, 0.2) is 0 Å². The summed E-state index contributed by atoms with van der Waals surface area (Å²) in [5.74, 6) is 1.60. The van der Waals surface area contributed by atoms with Crippen LogP contribution in [0.1, 0.15) is 48.9 Å². The molecule has 1 saturated carbocycles. The van der Waals surface area contributed by atoms with Gasteiger partial charge in [-0.25, -0.2) is 4.98 Å². The molecule has 1 aromatic rings. The maximum atomic E-state index is 12.6. The molecule has 0 bridgehead atoms. The summed E-state index contributed by atoms with van der Waals surface area (Å²) in [5.41, 5.74) is 0.543. The van der Waals surface area contributed by atoms with E-state index in [1.807, 2.05) is 11.0 Å². The van der Waals surface area contributed by atoms with Gasteiger partial charge < -0.3 is 19.9 Å². The van der Waals surface area contributed by atoms with Crippen molar-refractivity contribution in [2.75, 3.05) is 51.3 Å². The van der Waals surface area contributed by atoms with Gasteiger partial charge >= 0.3 is 0 Å². The molecular weight excluding hydrogens is 356 g/mol. The number of nitrogens with zero attached hydrogens (tertiary/aromatic N) is 3. The first-order chi connectivity index (χ1) is 13.7.